The lowest BCUT2D eigenvalue weighted by molar-refractivity contribution is -0.124. The molecule has 29 heavy (non-hydrogen) atoms. The van der Waals surface area contributed by atoms with E-state index in [1.807, 2.05) is 43.3 Å². The first-order chi connectivity index (χ1) is 13.7. The highest BCUT2D eigenvalue weighted by atomic mass is 79.9. The Morgan fingerprint density at radius 2 is 1.76 bits per heavy atom. The molecule has 6 nitrogen and oxygen atoms in total. The molecular formula is C22H26BrN3O3. The largest absolute Gasteiger partial charge is 0.483 e. The van der Waals surface area contributed by atoms with Gasteiger partial charge in [-0.3, -0.25) is 15.0 Å². The van der Waals surface area contributed by atoms with Crippen molar-refractivity contribution in [1.29, 1.82) is 0 Å². The molecule has 0 aliphatic carbocycles. The Hall–Kier alpha value is -2.80. The van der Waals surface area contributed by atoms with E-state index in [0.717, 1.165) is 10.0 Å². The Labute approximate surface area is 179 Å². The number of carbonyl (C=O) groups is 2. The van der Waals surface area contributed by atoms with Crippen molar-refractivity contribution in [3.05, 3.63) is 70.3 Å². The first-order valence-electron chi connectivity index (χ1n) is 9.26. The van der Waals surface area contributed by atoms with E-state index in [-0.39, 0.29) is 24.8 Å². The molecule has 0 fully saturated rings. The van der Waals surface area contributed by atoms with Crippen LogP contribution in [0, 0.1) is 6.92 Å². The molecule has 7 heteroatoms. The average molecular weight is 460 g/mol. The molecule has 2 amide bonds. The van der Waals surface area contributed by atoms with Crippen LogP contribution in [0.3, 0.4) is 0 Å². The van der Waals surface area contributed by atoms with Crippen LogP contribution in [0.25, 0.3) is 0 Å². The SMILES string of the molecule is C=C(CC(=O)Nc1ccc(C(C)C)cc1)NNC(=O)COc1ccc(C)cc1Br. The quantitative estimate of drug-likeness (QED) is 0.484. The highest BCUT2D eigenvalue weighted by Gasteiger charge is 2.09. The second kappa shape index (κ2) is 10.7. The number of benzene rings is 2. The molecule has 0 bridgehead atoms. The molecule has 0 aliphatic heterocycles. The zero-order valence-corrected chi connectivity index (χ0v) is 18.4. The summed E-state index contributed by atoms with van der Waals surface area (Å²) in [5, 5.41) is 2.80. The standard InChI is InChI=1S/C22H26BrN3O3/c1-14(2)17-6-8-18(9-7-17)24-21(27)12-16(4)25-26-22(28)13-29-20-10-5-15(3)11-19(20)23/h5-11,14,25H,4,12-13H2,1-3H3,(H,24,27)(H,26,28). The predicted molar refractivity (Wildman–Crippen MR) is 119 cm³/mol. The molecule has 0 spiro atoms. The van der Waals surface area contributed by atoms with Gasteiger partial charge in [-0.15, -0.1) is 0 Å². The van der Waals surface area contributed by atoms with Gasteiger partial charge in [-0.1, -0.05) is 38.6 Å². The maximum Gasteiger partial charge on any atom is 0.276 e. The smallest absolute Gasteiger partial charge is 0.276 e. The molecule has 0 atom stereocenters. The molecule has 0 heterocycles. The van der Waals surface area contributed by atoms with Gasteiger partial charge < -0.3 is 15.5 Å². The number of rotatable bonds is 9. The van der Waals surface area contributed by atoms with E-state index >= 15 is 0 Å². The summed E-state index contributed by atoms with van der Waals surface area (Å²) in [4.78, 5) is 24.0. The fraction of sp³-hybridized carbons (Fsp3) is 0.273. The Bertz CT molecular complexity index is 879. The summed E-state index contributed by atoms with van der Waals surface area (Å²) >= 11 is 3.39. The number of hydrogen-bond donors (Lipinski definition) is 3. The van der Waals surface area contributed by atoms with Crippen LogP contribution in [0.4, 0.5) is 5.69 Å². The number of carbonyl (C=O) groups excluding carboxylic acids is 2. The number of ether oxygens (including phenoxy) is 1. The molecule has 0 unspecified atom stereocenters. The van der Waals surface area contributed by atoms with Crippen LogP contribution >= 0.6 is 15.9 Å². The lowest BCUT2D eigenvalue weighted by Gasteiger charge is -2.13. The molecular weight excluding hydrogens is 434 g/mol. The van der Waals surface area contributed by atoms with Gasteiger partial charge in [0.1, 0.15) is 5.75 Å². The molecule has 3 N–H and O–H groups in total. The van der Waals surface area contributed by atoms with E-state index in [0.29, 0.717) is 23.1 Å². The fourth-order valence-electron chi connectivity index (χ4n) is 2.45. The van der Waals surface area contributed by atoms with Crippen LogP contribution in [0.1, 0.15) is 37.3 Å². The molecule has 0 aliphatic rings. The summed E-state index contributed by atoms with van der Waals surface area (Å²) in [7, 11) is 0. The van der Waals surface area contributed by atoms with Gasteiger partial charge in [0.25, 0.3) is 5.91 Å². The number of hydrazine groups is 1. The zero-order chi connectivity index (χ0) is 21.4. The minimum atomic E-state index is -0.386. The number of halogens is 1. The molecule has 0 saturated heterocycles. The van der Waals surface area contributed by atoms with Crippen molar-refractivity contribution in [2.45, 2.75) is 33.1 Å². The zero-order valence-electron chi connectivity index (χ0n) is 16.8. The summed E-state index contributed by atoms with van der Waals surface area (Å²) in [6.45, 7) is 9.77. The van der Waals surface area contributed by atoms with Gasteiger partial charge in [-0.25, -0.2) is 0 Å². The molecule has 2 rings (SSSR count). The Balaban J connectivity index is 1.71. The van der Waals surface area contributed by atoms with Crippen molar-refractivity contribution in [2.24, 2.45) is 0 Å². The highest BCUT2D eigenvalue weighted by Crippen LogP contribution is 2.25. The first-order valence-corrected chi connectivity index (χ1v) is 10.1. The summed E-state index contributed by atoms with van der Waals surface area (Å²) in [6, 6.07) is 13.3. The third kappa shape index (κ3) is 7.62. The van der Waals surface area contributed by atoms with Gasteiger partial charge in [-0.2, -0.15) is 0 Å². The third-order valence-electron chi connectivity index (χ3n) is 4.06. The first kappa shape index (κ1) is 22.5. The van der Waals surface area contributed by atoms with Crippen LogP contribution in [0.2, 0.25) is 0 Å². The molecule has 0 radical (unpaired) electrons. The van der Waals surface area contributed by atoms with Crippen LogP contribution in [-0.4, -0.2) is 18.4 Å². The van der Waals surface area contributed by atoms with E-state index in [4.69, 9.17) is 4.74 Å². The fourth-order valence-corrected chi connectivity index (χ4v) is 3.06. The van der Waals surface area contributed by atoms with Crippen LogP contribution in [0.15, 0.2) is 59.2 Å². The Morgan fingerprint density at radius 3 is 2.38 bits per heavy atom. The van der Waals surface area contributed by atoms with Crippen molar-refractivity contribution in [2.75, 3.05) is 11.9 Å². The van der Waals surface area contributed by atoms with Crippen molar-refractivity contribution < 1.29 is 14.3 Å². The van der Waals surface area contributed by atoms with E-state index in [9.17, 15) is 9.59 Å². The van der Waals surface area contributed by atoms with Crippen molar-refractivity contribution in [1.82, 2.24) is 10.9 Å². The third-order valence-corrected chi connectivity index (χ3v) is 4.68. The number of aryl methyl sites for hydroxylation is 1. The van der Waals surface area contributed by atoms with Crippen LogP contribution < -0.4 is 20.9 Å². The van der Waals surface area contributed by atoms with E-state index in [1.165, 1.54) is 5.56 Å². The van der Waals surface area contributed by atoms with Crippen molar-refractivity contribution in [3.8, 4) is 5.75 Å². The van der Waals surface area contributed by atoms with Gasteiger partial charge >= 0.3 is 0 Å². The Morgan fingerprint density at radius 1 is 1.07 bits per heavy atom. The number of nitrogens with one attached hydrogen (secondary N) is 3. The van der Waals surface area contributed by atoms with Gasteiger partial charge in [-0.05, 0) is 64.2 Å². The normalized spacial score (nSPS) is 10.4. The monoisotopic (exact) mass is 459 g/mol. The van der Waals surface area contributed by atoms with E-state index in [2.05, 4.69) is 52.5 Å². The molecule has 0 aromatic heterocycles. The second-order valence-electron chi connectivity index (χ2n) is 7.00. The lowest BCUT2D eigenvalue weighted by Crippen LogP contribution is -2.40. The van der Waals surface area contributed by atoms with E-state index in [1.54, 1.807) is 6.07 Å². The van der Waals surface area contributed by atoms with Crippen LogP contribution in [-0.2, 0) is 9.59 Å². The summed E-state index contributed by atoms with van der Waals surface area (Å²) in [6.07, 6.45) is 0.0244. The van der Waals surface area contributed by atoms with Gasteiger partial charge in [0, 0.05) is 11.4 Å². The predicted octanol–water partition coefficient (Wildman–Crippen LogP) is 4.42. The summed E-state index contributed by atoms with van der Waals surface area (Å²) in [5.74, 6) is 0.396. The number of hydrogen-bond acceptors (Lipinski definition) is 4. The summed E-state index contributed by atoms with van der Waals surface area (Å²) in [5.41, 5.74) is 8.47. The minimum Gasteiger partial charge on any atom is -0.483 e. The molecule has 154 valence electrons. The number of anilines is 1. The van der Waals surface area contributed by atoms with Crippen molar-refractivity contribution >= 4 is 33.4 Å². The molecule has 2 aromatic carbocycles. The summed E-state index contributed by atoms with van der Waals surface area (Å²) < 4.78 is 6.24. The number of amides is 2. The van der Waals surface area contributed by atoms with Gasteiger partial charge in [0.15, 0.2) is 6.61 Å². The Kier molecular flexibility index (Phi) is 8.27. The van der Waals surface area contributed by atoms with Crippen molar-refractivity contribution in [3.63, 3.8) is 0 Å². The van der Waals surface area contributed by atoms with Gasteiger partial charge in [0.2, 0.25) is 5.91 Å². The maximum absolute atomic E-state index is 12.1. The van der Waals surface area contributed by atoms with Crippen LogP contribution in [0.5, 0.6) is 5.75 Å². The molecule has 2 aromatic rings. The molecule has 0 saturated carbocycles. The average Bonchev–Trinajstić information content (AvgIpc) is 2.66. The highest BCUT2D eigenvalue weighted by molar-refractivity contribution is 9.10. The lowest BCUT2D eigenvalue weighted by atomic mass is 10.0. The minimum absolute atomic E-state index is 0.0244. The second-order valence-corrected chi connectivity index (χ2v) is 7.86. The van der Waals surface area contributed by atoms with Gasteiger partial charge in [0.05, 0.1) is 10.9 Å². The topological polar surface area (TPSA) is 79.5 Å². The van der Waals surface area contributed by atoms with E-state index < -0.39 is 0 Å². The maximum atomic E-state index is 12.1.